The lowest BCUT2D eigenvalue weighted by Gasteiger charge is -2.28. The number of benzene rings is 1. The fourth-order valence-electron chi connectivity index (χ4n) is 2.84. The summed E-state index contributed by atoms with van der Waals surface area (Å²) in [5.74, 6) is 0. The van der Waals surface area contributed by atoms with E-state index in [1.807, 2.05) is 18.3 Å². The molecule has 0 aliphatic carbocycles. The molecule has 3 rings (SSSR count). The second-order valence-corrected chi connectivity index (χ2v) is 5.85. The molecule has 2 aromatic rings. The highest BCUT2D eigenvalue weighted by atomic mass is 16.5. The number of rotatable bonds is 6. The fourth-order valence-corrected chi connectivity index (χ4v) is 2.84. The lowest BCUT2D eigenvalue weighted by molar-refractivity contribution is 0.122. The minimum absolute atomic E-state index is 0.655. The van der Waals surface area contributed by atoms with Crippen molar-refractivity contribution >= 4 is 29.2 Å². The molecule has 1 aromatic carbocycles. The number of allylic oxidation sites excluding steroid dienone is 1. The van der Waals surface area contributed by atoms with Crippen molar-refractivity contribution in [2.45, 2.75) is 0 Å². The minimum atomic E-state index is 0.655. The quantitative estimate of drug-likeness (QED) is 0.698. The van der Waals surface area contributed by atoms with Crippen molar-refractivity contribution in [3.05, 3.63) is 66.3 Å². The van der Waals surface area contributed by atoms with Crippen LogP contribution in [0.25, 0.3) is 11.6 Å². The predicted octanol–water partition coefficient (Wildman–Crippen LogP) is 2.95. The fraction of sp³-hybridized carbons (Fsp3) is 0.200. The molecule has 0 spiro atoms. The lowest BCUT2D eigenvalue weighted by atomic mass is 10.0. The van der Waals surface area contributed by atoms with Crippen LogP contribution in [0.5, 0.6) is 0 Å². The summed E-state index contributed by atoms with van der Waals surface area (Å²) in [6.07, 6.45) is 9.90. The van der Waals surface area contributed by atoms with Gasteiger partial charge in [-0.3, -0.25) is 4.98 Å². The van der Waals surface area contributed by atoms with Crippen LogP contribution in [0.3, 0.4) is 0 Å². The molecule has 134 valence electrons. The first-order valence-electron chi connectivity index (χ1n) is 8.54. The molecular formula is C20H23N5O. The second-order valence-electron chi connectivity index (χ2n) is 5.85. The Kier molecular flexibility index (Phi) is 6.01. The number of aromatic nitrogens is 1. The van der Waals surface area contributed by atoms with Gasteiger partial charge in [0.15, 0.2) is 0 Å². The maximum Gasteiger partial charge on any atom is 0.0642 e. The number of nitrogens with zero attached hydrogens (tertiary/aromatic N) is 2. The predicted molar refractivity (Wildman–Crippen MR) is 107 cm³/mol. The third kappa shape index (κ3) is 4.29. The number of ether oxygens (including phenoxy) is 1. The van der Waals surface area contributed by atoms with Gasteiger partial charge in [0.05, 0.1) is 13.2 Å². The average Bonchev–Trinajstić information content (AvgIpc) is 2.71. The Morgan fingerprint density at radius 2 is 1.96 bits per heavy atom. The first-order chi connectivity index (χ1) is 12.8. The van der Waals surface area contributed by atoms with Crippen molar-refractivity contribution in [2.75, 3.05) is 36.5 Å². The molecule has 2 heterocycles. The van der Waals surface area contributed by atoms with E-state index in [2.05, 4.69) is 39.5 Å². The number of hydrogen-bond donors (Lipinski definition) is 3. The van der Waals surface area contributed by atoms with Crippen molar-refractivity contribution in [3.8, 4) is 0 Å². The average molecular weight is 349 g/mol. The molecule has 0 atom stereocenters. The lowest BCUT2D eigenvalue weighted by Crippen LogP contribution is -2.36. The van der Waals surface area contributed by atoms with Crippen molar-refractivity contribution in [2.24, 2.45) is 5.73 Å². The zero-order valence-electron chi connectivity index (χ0n) is 14.6. The number of anilines is 2. The highest BCUT2D eigenvalue weighted by molar-refractivity contribution is 6.09. The summed E-state index contributed by atoms with van der Waals surface area (Å²) in [6, 6.07) is 10.2. The van der Waals surface area contributed by atoms with Crippen molar-refractivity contribution in [1.82, 2.24) is 4.98 Å². The molecule has 1 aliphatic heterocycles. The van der Waals surface area contributed by atoms with Gasteiger partial charge < -0.3 is 26.1 Å². The molecule has 1 fully saturated rings. The van der Waals surface area contributed by atoms with E-state index in [0.717, 1.165) is 43.1 Å². The van der Waals surface area contributed by atoms with Crippen LogP contribution in [-0.4, -0.2) is 37.5 Å². The number of pyridine rings is 1. The summed E-state index contributed by atoms with van der Waals surface area (Å²) in [5.41, 5.74) is 10.2. The van der Waals surface area contributed by atoms with Gasteiger partial charge in [0.1, 0.15) is 0 Å². The van der Waals surface area contributed by atoms with Crippen molar-refractivity contribution in [1.29, 1.82) is 5.41 Å². The topological polar surface area (TPSA) is 87.3 Å². The second kappa shape index (κ2) is 8.82. The molecule has 0 radical (unpaired) electrons. The molecule has 1 aromatic heterocycles. The zero-order valence-corrected chi connectivity index (χ0v) is 14.6. The third-order valence-electron chi connectivity index (χ3n) is 4.25. The number of morpholine rings is 1. The number of nitrogens with two attached hydrogens (primary N) is 1. The molecule has 0 saturated carbocycles. The maximum atomic E-state index is 7.46. The minimum Gasteiger partial charge on any atom is -0.404 e. The first kappa shape index (κ1) is 17.7. The SMILES string of the molecule is N=C/C(=C\N)c1ccncc1/C=C/Nc1ccc(N2CCOCC2)cc1. The van der Waals surface area contributed by atoms with E-state index in [1.54, 1.807) is 12.4 Å². The highest BCUT2D eigenvalue weighted by Crippen LogP contribution is 2.20. The van der Waals surface area contributed by atoms with Crippen LogP contribution in [0.4, 0.5) is 11.4 Å². The van der Waals surface area contributed by atoms with E-state index in [1.165, 1.54) is 18.1 Å². The molecule has 0 unspecified atom stereocenters. The molecule has 6 heteroatoms. The Morgan fingerprint density at radius 1 is 1.19 bits per heavy atom. The Balaban J connectivity index is 1.66. The Bertz CT molecular complexity index is 792. The van der Waals surface area contributed by atoms with Crippen LogP contribution in [0, 0.1) is 5.41 Å². The molecule has 1 aliphatic rings. The first-order valence-corrected chi connectivity index (χ1v) is 8.54. The van der Waals surface area contributed by atoms with Gasteiger partial charge in [0, 0.05) is 66.6 Å². The van der Waals surface area contributed by atoms with E-state index >= 15 is 0 Å². The molecule has 1 saturated heterocycles. The van der Waals surface area contributed by atoms with E-state index in [-0.39, 0.29) is 0 Å². The third-order valence-corrected chi connectivity index (χ3v) is 4.25. The molecule has 6 nitrogen and oxygen atoms in total. The van der Waals surface area contributed by atoms with E-state index in [9.17, 15) is 0 Å². The Labute approximate surface area is 153 Å². The Morgan fingerprint density at radius 3 is 2.65 bits per heavy atom. The van der Waals surface area contributed by atoms with Gasteiger partial charge in [-0.1, -0.05) is 0 Å². The summed E-state index contributed by atoms with van der Waals surface area (Å²) < 4.78 is 5.39. The van der Waals surface area contributed by atoms with Crippen LogP contribution >= 0.6 is 0 Å². The summed E-state index contributed by atoms with van der Waals surface area (Å²) >= 11 is 0. The molecule has 4 N–H and O–H groups in total. The maximum absolute atomic E-state index is 7.46. The summed E-state index contributed by atoms with van der Waals surface area (Å²) in [6.45, 7) is 3.43. The smallest absolute Gasteiger partial charge is 0.0642 e. The highest BCUT2D eigenvalue weighted by Gasteiger charge is 2.10. The summed E-state index contributed by atoms with van der Waals surface area (Å²) in [4.78, 5) is 6.47. The van der Waals surface area contributed by atoms with Gasteiger partial charge in [0.25, 0.3) is 0 Å². The van der Waals surface area contributed by atoms with Gasteiger partial charge in [-0.2, -0.15) is 0 Å². The zero-order chi connectivity index (χ0) is 18.2. The van der Waals surface area contributed by atoms with E-state index < -0.39 is 0 Å². The standard InChI is InChI=1S/C20H23N5O/c21-13-17(14-22)20-6-7-23-15-16(20)5-8-24-18-1-3-19(4-2-18)25-9-11-26-12-10-25/h1-8,13-15,21,24H,9-12,22H2/b8-5+,17-14+,21-13?. The van der Waals surface area contributed by atoms with Crippen LogP contribution in [0.2, 0.25) is 0 Å². The van der Waals surface area contributed by atoms with E-state index in [4.69, 9.17) is 15.9 Å². The van der Waals surface area contributed by atoms with Crippen molar-refractivity contribution in [3.63, 3.8) is 0 Å². The molecule has 0 bridgehead atoms. The van der Waals surface area contributed by atoms with Gasteiger partial charge in [-0.05, 0) is 42.0 Å². The van der Waals surface area contributed by atoms with Crippen LogP contribution < -0.4 is 16.0 Å². The summed E-state index contributed by atoms with van der Waals surface area (Å²) in [5, 5.41) is 10.7. The van der Waals surface area contributed by atoms with Gasteiger partial charge in [0.2, 0.25) is 0 Å². The summed E-state index contributed by atoms with van der Waals surface area (Å²) in [7, 11) is 0. The van der Waals surface area contributed by atoms with Gasteiger partial charge >= 0.3 is 0 Å². The largest absolute Gasteiger partial charge is 0.404 e. The molecule has 0 amide bonds. The van der Waals surface area contributed by atoms with Crippen LogP contribution in [0.1, 0.15) is 11.1 Å². The monoisotopic (exact) mass is 349 g/mol. The van der Waals surface area contributed by atoms with E-state index in [0.29, 0.717) is 5.57 Å². The number of nitrogens with one attached hydrogen (secondary N) is 2. The van der Waals surface area contributed by atoms with Gasteiger partial charge in [-0.25, -0.2) is 0 Å². The van der Waals surface area contributed by atoms with Gasteiger partial charge in [-0.15, -0.1) is 0 Å². The van der Waals surface area contributed by atoms with Crippen LogP contribution in [-0.2, 0) is 4.74 Å². The number of hydrogen-bond acceptors (Lipinski definition) is 6. The molecule has 26 heavy (non-hydrogen) atoms. The van der Waals surface area contributed by atoms with Crippen LogP contribution in [0.15, 0.2) is 55.1 Å². The Hall–Kier alpha value is -3.12. The normalized spacial score (nSPS) is 15.2. The van der Waals surface area contributed by atoms with Crippen molar-refractivity contribution < 1.29 is 4.74 Å². The molecular weight excluding hydrogens is 326 g/mol.